The zero-order valence-corrected chi connectivity index (χ0v) is 15.0. The first-order valence-corrected chi connectivity index (χ1v) is 8.62. The average Bonchev–Trinajstić information content (AvgIpc) is 2.67. The number of unbranched alkanes of at least 4 members (excludes halogenated alkanes) is 1. The molecular weight excluding hydrogens is 346 g/mol. The summed E-state index contributed by atoms with van der Waals surface area (Å²) in [5.41, 5.74) is 1.27. The van der Waals surface area contributed by atoms with E-state index in [2.05, 4.69) is 10.6 Å². The largest absolute Gasteiger partial charge is 0.352 e. The van der Waals surface area contributed by atoms with Crippen molar-refractivity contribution in [2.75, 3.05) is 11.9 Å². The topological polar surface area (TPSA) is 101 Å². The molecule has 0 fully saturated rings. The summed E-state index contributed by atoms with van der Waals surface area (Å²) >= 11 is 0. The molecule has 2 aromatic rings. The van der Waals surface area contributed by atoms with Crippen LogP contribution in [0, 0.1) is 10.1 Å². The van der Waals surface area contributed by atoms with Gasteiger partial charge in [0.05, 0.1) is 16.2 Å². The minimum absolute atomic E-state index is 0.0494. The van der Waals surface area contributed by atoms with Crippen LogP contribution in [0.4, 0.5) is 11.4 Å². The number of carbonyl (C=O) groups excluding carboxylic acids is 2. The fourth-order valence-electron chi connectivity index (χ4n) is 2.35. The quantitative estimate of drug-likeness (QED) is 0.321. The van der Waals surface area contributed by atoms with Gasteiger partial charge in [0.25, 0.3) is 11.6 Å². The van der Waals surface area contributed by atoms with Crippen molar-refractivity contribution in [3.63, 3.8) is 0 Å². The van der Waals surface area contributed by atoms with E-state index in [1.165, 1.54) is 24.3 Å². The van der Waals surface area contributed by atoms with Gasteiger partial charge in [0.15, 0.2) is 0 Å². The summed E-state index contributed by atoms with van der Waals surface area (Å²) in [6, 6.07) is 12.7. The number of nitro benzene ring substituents is 1. The molecule has 2 rings (SSSR count). The second kappa shape index (κ2) is 9.86. The third-order valence-electron chi connectivity index (χ3n) is 3.75. The van der Waals surface area contributed by atoms with Crippen LogP contribution < -0.4 is 10.6 Å². The molecule has 7 nitrogen and oxygen atoms in total. The summed E-state index contributed by atoms with van der Waals surface area (Å²) < 4.78 is 0. The number of carbonyl (C=O) groups is 2. The van der Waals surface area contributed by atoms with Crippen molar-refractivity contribution < 1.29 is 14.5 Å². The second-order valence-electron chi connectivity index (χ2n) is 5.83. The van der Waals surface area contributed by atoms with Crippen molar-refractivity contribution >= 4 is 29.3 Å². The van der Waals surface area contributed by atoms with E-state index >= 15 is 0 Å². The van der Waals surface area contributed by atoms with Gasteiger partial charge in [-0.05, 0) is 30.2 Å². The Morgan fingerprint density at radius 3 is 2.67 bits per heavy atom. The van der Waals surface area contributed by atoms with E-state index < -0.39 is 10.8 Å². The fourth-order valence-corrected chi connectivity index (χ4v) is 2.35. The maximum atomic E-state index is 12.3. The molecule has 27 heavy (non-hydrogen) atoms. The Bertz CT molecular complexity index is 862. The van der Waals surface area contributed by atoms with Crippen LogP contribution in [0.5, 0.6) is 0 Å². The van der Waals surface area contributed by atoms with E-state index in [0.717, 1.165) is 12.8 Å². The van der Waals surface area contributed by atoms with Gasteiger partial charge in [-0.15, -0.1) is 0 Å². The van der Waals surface area contributed by atoms with Crippen LogP contribution in [-0.2, 0) is 4.79 Å². The molecule has 7 heteroatoms. The molecule has 0 radical (unpaired) electrons. The highest BCUT2D eigenvalue weighted by atomic mass is 16.6. The van der Waals surface area contributed by atoms with Crippen molar-refractivity contribution in [3.05, 3.63) is 75.8 Å². The first kappa shape index (κ1) is 19.8. The van der Waals surface area contributed by atoms with Gasteiger partial charge in [0, 0.05) is 24.8 Å². The molecule has 0 saturated heterocycles. The number of anilines is 1. The van der Waals surface area contributed by atoms with Crippen LogP contribution >= 0.6 is 0 Å². The molecule has 0 unspecified atom stereocenters. The first-order valence-electron chi connectivity index (χ1n) is 8.62. The molecular formula is C20H21N3O4. The SMILES string of the molecule is CCCCNC(=O)c1ccccc1NC(=O)/C=C/c1cccc([N+](=O)[O-])c1. The third-order valence-corrected chi connectivity index (χ3v) is 3.75. The Hall–Kier alpha value is -3.48. The number of nitrogens with zero attached hydrogens (tertiary/aromatic N) is 1. The van der Waals surface area contributed by atoms with Gasteiger partial charge in [0.1, 0.15) is 0 Å². The molecule has 140 valence electrons. The first-order chi connectivity index (χ1) is 13.0. The van der Waals surface area contributed by atoms with Gasteiger partial charge in [-0.3, -0.25) is 19.7 Å². The normalized spacial score (nSPS) is 10.6. The fraction of sp³-hybridized carbons (Fsp3) is 0.200. The smallest absolute Gasteiger partial charge is 0.270 e. The minimum Gasteiger partial charge on any atom is -0.352 e. The number of nitro groups is 1. The van der Waals surface area contributed by atoms with E-state index in [0.29, 0.717) is 23.4 Å². The lowest BCUT2D eigenvalue weighted by molar-refractivity contribution is -0.384. The number of nitrogens with one attached hydrogen (secondary N) is 2. The maximum absolute atomic E-state index is 12.3. The van der Waals surface area contributed by atoms with Crippen molar-refractivity contribution in [1.29, 1.82) is 0 Å². The average molecular weight is 367 g/mol. The van der Waals surface area contributed by atoms with Crippen molar-refractivity contribution in [2.24, 2.45) is 0 Å². The summed E-state index contributed by atoms with van der Waals surface area (Å²) in [6.07, 6.45) is 4.60. The predicted molar refractivity (Wildman–Crippen MR) is 104 cm³/mol. The summed E-state index contributed by atoms with van der Waals surface area (Å²) in [5, 5.41) is 16.3. The number of rotatable bonds is 8. The Kier molecular flexibility index (Phi) is 7.25. The molecule has 0 aliphatic carbocycles. The highest BCUT2D eigenvalue weighted by molar-refractivity contribution is 6.07. The van der Waals surface area contributed by atoms with Gasteiger partial charge in [-0.2, -0.15) is 0 Å². The number of non-ortho nitro benzene ring substituents is 1. The van der Waals surface area contributed by atoms with Crippen LogP contribution in [0.25, 0.3) is 6.08 Å². The monoisotopic (exact) mass is 367 g/mol. The standard InChI is InChI=1S/C20H21N3O4/c1-2-3-13-21-20(25)17-9-4-5-10-18(17)22-19(24)12-11-15-7-6-8-16(14-15)23(26)27/h4-12,14H,2-3,13H2,1H3,(H,21,25)(H,22,24)/b12-11+. The molecule has 0 bridgehead atoms. The highest BCUT2D eigenvalue weighted by Gasteiger charge is 2.11. The van der Waals surface area contributed by atoms with Crippen LogP contribution in [0.15, 0.2) is 54.6 Å². The molecule has 2 aromatic carbocycles. The summed E-state index contributed by atoms with van der Waals surface area (Å²) in [7, 11) is 0. The number of hydrogen-bond donors (Lipinski definition) is 2. The number of benzene rings is 2. The van der Waals surface area contributed by atoms with E-state index in [1.807, 2.05) is 6.92 Å². The molecule has 2 N–H and O–H groups in total. The van der Waals surface area contributed by atoms with Gasteiger partial charge in [-0.1, -0.05) is 37.6 Å². The molecule has 2 amide bonds. The third kappa shape index (κ3) is 6.07. The second-order valence-corrected chi connectivity index (χ2v) is 5.83. The zero-order valence-electron chi connectivity index (χ0n) is 15.0. The summed E-state index contributed by atoms with van der Waals surface area (Å²) in [6.45, 7) is 2.61. The lowest BCUT2D eigenvalue weighted by Gasteiger charge is -2.10. The van der Waals surface area contributed by atoms with Crippen LogP contribution in [0.2, 0.25) is 0 Å². The number of amides is 2. The van der Waals surface area contributed by atoms with Crippen molar-refractivity contribution in [1.82, 2.24) is 5.32 Å². The molecule has 0 heterocycles. The van der Waals surface area contributed by atoms with E-state index in [-0.39, 0.29) is 11.6 Å². The number of hydrogen-bond acceptors (Lipinski definition) is 4. The maximum Gasteiger partial charge on any atom is 0.270 e. The number of para-hydroxylation sites is 1. The van der Waals surface area contributed by atoms with Crippen LogP contribution in [0.1, 0.15) is 35.7 Å². The molecule has 0 aliphatic heterocycles. The molecule has 0 saturated carbocycles. The Labute approximate surface area is 157 Å². The van der Waals surface area contributed by atoms with Crippen molar-refractivity contribution in [3.8, 4) is 0 Å². The Balaban J connectivity index is 2.06. The Morgan fingerprint density at radius 1 is 1.15 bits per heavy atom. The van der Waals surface area contributed by atoms with Crippen LogP contribution in [0.3, 0.4) is 0 Å². The summed E-state index contributed by atoms with van der Waals surface area (Å²) in [4.78, 5) is 34.7. The lowest BCUT2D eigenvalue weighted by atomic mass is 10.1. The van der Waals surface area contributed by atoms with E-state index in [1.54, 1.807) is 36.4 Å². The predicted octanol–water partition coefficient (Wildman–Crippen LogP) is 3.78. The van der Waals surface area contributed by atoms with E-state index in [4.69, 9.17) is 0 Å². The molecule has 0 aromatic heterocycles. The Morgan fingerprint density at radius 2 is 1.93 bits per heavy atom. The minimum atomic E-state index is -0.495. The van der Waals surface area contributed by atoms with Gasteiger partial charge in [-0.25, -0.2) is 0 Å². The van der Waals surface area contributed by atoms with E-state index in [9.17, 15) is 19.7 Å². The summed E-state index contributed by atoms with van der Waals surface area (Å²) in [5.74, 6) is -0.683. The van der Waals surface area contributed by atoms with Gasteiger partial charge < -0.3 is 10.6 Å². The van der Waals surface area contributed by atoms with Gasteiger partial charge in [0.2, 0.25) is 5.91 Å². The molecule has 0 aliphatic rings. The zero-order chi connectivity index (χ0) is 19.6. The molecule has 0 spiro atoms. The van der Waals surface area contributed by atoms with Crippen LogP contribution in [-0.4, -0.2) is 23.3 Å². The highest BCUT2D eigenvalue weighted by Crippen LogP contribution is 2.16. The molecule has 0 atom stereocenters. The van der Waals surface area contributed by atoms with Gasteiger partial charge >= 0.3 is 0 Å². The van der Waals surface area contributed by atoms with Crippen molar-refractivity contribution in [2.45, 2.75) is 19.8 Å². The lowest BCUT2D eigenvalue weighted by Crippen LogP contribution is -2.25.